The summed E-state index contributed by atoms with van der Waals surface area (Å²) in [4.78, 5) is 15.4. The molecule has 0 radical (unpaired) electrons. The Morgan fingerprint density at radius 3 is 2.33 bits per heavy atom. The van der Waals surface area contributed by atoms with E-state index in [-0.39, 0.29) is 12.2 Å². The van der Waals surface area contributed by atoms with E-state index < -0.39 is 6.09 Å². The predicted molar refractivity (Wildman–Crippen MR) is 102 cm³/mol. The number of benzene rings is 1. The first-order valence-electron chi connectivity index (χ1n) is 9.68. The van der Waals surface area contributed by atoms with Gasteiger partial charge in [0.05, 0.1) is 23.8 Å². The monoisotopic (exact) mass is 372 g/mol. The molecule has 7 heteroatoms. The van der Waals surface area contributed by atoms with E-state index in [4.69, 9.17) is 15.1 Å². The van der Waals surface area contributed by atoms with Gasteiger partial charge in [-0.05, 0) is 43.5 Å². The van der Waals surface area contributed by atoms with Crippen LogP contribution in [-0.2, 0) is 11.2 Å². The Morgan fingerprint density at radius 1 is 1.11 bits per heavy atom. The van der Waals surface area contributed by atoms with E-state index in [1.54, 1.807) is 0 Å². The second-order valence-corrected chi connectivity index (χ2v) is 7.40. The molecule has 2 saturated heterocycles. The second kappa shape index (κ2) is 9.70. The summed E-state index contributed by atoms with van der Waals surface area (Å²) >= 11 is 0. The second-order valence-electron chi connectivity index (χ2n) is 7.40. The van der Waals surface area contributed by atoms with E-state index in [0.717, 1.165) is 58.5 Å². The first-order valence-corrected chi connectivity index (χ1v) is 9.68. The number of nitrogens with one attached hydrogen (secondary N) is 1. The zero-order chi connectivity index (χ0) is 19.1. The molecule has 1 aromatic rings. The van der Waals surface area contributed by atoms with Gasteiger partial charge in [-0.2, -0.15) is 5.26 Å². The summed E-state index contributed by atoms with van der Waals surface area (Å²) in [5.41, 5.74) is 2.00. The standard InChI is InChI=1S/C20H28N4O3/c21-11-17-6-4-16(5-7-17)3-1-2-9-23-12-18-14-24(10-8-22-20(25)26)15-19(13-23)27-18/h4-7,18-19,22H,1-3,8-10,12-15H2,(H,25,26). The number of morpholine rings is 2. The van der Waals surface area contributed by atoms with Crippen LogP contribution < -0.4 is 5.32 Å². The lowest BCUT2D eigenvalue weighted by Crippen LogP contribution is -2.60. The molecule has 0 saturated carbocycles. The number of rotatable bonds is 8. The third kappa shape index (κ3) is 6.21. The van der Waals surface area contributed by atoms with E-state index >= 15 is 0 Å². The Balaban J connectivity index is 1.33. The summed E-state index contributed by atoms with van der Waals surface area (Å²) in [5, 5.41) is 19.9. The molecule has 2 N–H and O–H groups in total. The normalized spacial score (nSPS) is 22.9. The Bertz CT molecular complexity index is 644. The van der Waals surface area contributed by atoms with Crippen molar-refractivity contribution < 1.29 is 14.6 Å². The average molecular weight is 372 g/mol. The van der Waals surface area contributed by atoms with Crippen LogP contribution in [0.1, 0.15) is 24.0 Å². The van der Waals surface area contributed by atoms with Gasteiger partial charge in [0, 0.05) is 39.3 Å². The Labute approximate surface area is 160 Å². The molecule has 3 rings (SSSR count). The minimum absolute atomic E-state index is 0.223. The molecule has 1 aromatic carbocycles. The van der Waals surface area contributed by atoms with Gasteiger partial charge in [0.2, 0.25) is 0 Å². The van der Waals surface area contributed by atoms with Crippen LogP contribution in [0.25, 0.3) is 0 Å². The Morgan fingerprint density at radius 2 is 1.74 bits per heavy atom. The van der Waals surface area contributed by atoms with Crippen molar-refractivity contribution in [1.82, 2.24) is 15.1 Å². The maximum atomic E-state index is 10.6. The quantitative estimate of drug-likeness (QED) is 0.673. The first kappa shape index (κ1) is 19.6. The molecule has 2 heterocycles. The molecule has 2 aliphatic rings. The summed E-state index contributed by atoms with van der Waals surface area (Å²) in [5.74, 6) is 0. The fraction of sp³-hybridized carbons (Fsp3) is 0.600. The van der Waals surface area contributed by atoms with E-state index in [1.807, 2.05) is 24.3 Å². The lowest BCUT2D eigenvalue weighted by molar-refractivity contribution is -0.138. The van der Waals surface area contributed by atoms with Crippen LogP contribution in [0.2, 0.25) is 0 Å². The van der Waals surface area contributed by atoms with E-state index in [1.165, 1.54) is 5.56 Å². The van der Waals surface area contributed by atoms with Crippen molar-refractivity contribution >= 4 is 6.09 Å². The maximum absolute atomic E-state index is 10.6. The van der Waals surface area contributed by atoms with Crippen molar-refractivity contribution in [3.05, 3.63) is 35.4 Å². The average Bonchev–Trinajstić information content (AvgIpc) is 2.65. The molecule has 0 aliphatic carbocycles. The Kier molecular flexibility index (Phi) is 7.04. The highest BCUT2D eigenvalue weighted by molar-refractivity contribution is 5.64. The van der Waals surface area contributed by atoms with Gasteiger partial charge in [0.1, 0.15) is 0 Å². The summed E-state index contributed by atoms with van der Waals surface area (Å²) in [6.45, 7) is 5.96. The van der Waals surface area contributed by atoms with E-state index in [0.29, 0.717) is 12.1 Å². The third-order valence-corrected chi connectivity index (χ3v) is 5.21. The molecular formula is C20H28N4O3. The van der Waals surface area contributed by atoms with Crippen LogP contribution in [0.15, 0.2) is 24.3 Å². The number of carbonyl (C=O) groups is 1. The molecule has 27 heavy (non-hydrogen) atoms. The number of fused-ring (bicyclic) bond motifs is 2. The summed E-state index contributed by atoms with van der Waals surface area (Å²) in [6.07, 6.45) is 2.84. The number of hydrogen-bond acceptors (Lipinski definition) is 5. The van der Waals surface area contributed by atoms with Gasteiger partial charge in [-0.1, -0.05) is 12.1 Å². The number of amides is 1. The van der Waals surface area contributed by atoms with Gasteiger partial charge in [-0.25, -0.2) is 4.79 Å². The summed E-state index contributed by atoms with van der Waals surface area (Å²) in [6, 6.07) is 10.0. The predicted octanol–water partition coefficient (Wildman–Crippen LogP) is 1.53. The Hall–Kier alpha value is -2.14. The number of hydrogen-bond donors (Lipinski definition) is 2. The van der Waals surface area contributed by atoms with Crippen LogP contribution in [0.5, 0.6) is 0 Å². The van der Waals surface area contributed by atoms with Gasteiger partial charge in [-0.15, -0.1) is 0 Å². The van der Waals surface area contributed by atoms with Crippen LogP contribution in [0.3, 0.4) is 0 Å². The zero-order valence-electron chi connectivity index (χ0n) is 15.6. The lowest BCUT2D eigenvalue weighted by Gasteiger charge is -2.46. The number of ether oxygens (including phenoxy) is 1. The SMILES string of the molecule is N#Cc1ccc(CCCCN2CC3CN(CCNC(=O)O)CC(C2)O3)cc1. The van der Waals surface area contributed by atoms with Crippen molar-refractivity contribution in [2.45, 2.75) is 31.5 Å². The molecule has 0 aromatic heterocycles. The fourth-order valence-electron chi connectivity index (χ4n) is 3.96. The van der Waals surface area contributed by atoms with Crippen LogP contribution >= 0.6 is 0 Å². The topological polar surface area (TPSA) is 88.8 Å². The molecular weight excluding hydrogens is 344 g/mol. The van der Waals surface area contributed by atoms with Gasteiger partial charge < -0.3 is 15.2 Å². The van der Waals surface area contributed by atoms with Crippen LogP contribution in [-0.4, -0.2) is 79.0 Å². The number of nitriles is 1. The lowest BCUT2D eigenvalue weighted by atomic mass is 10.1. The molecule has 2 fully saturated rings. The molecule has 2 atom stereocenters. The number of unbranched alkanes of at least 4 members (excludes halogenated alkanes) is 1. The van der Waals surface area contributed by atoms with Gasteiger partial charge in [0.15, 0.2) is 0 Å². The number of nitrogens with zero attached hydrogens (tertiary/aromatic N) is 3. The highest BCUT2D eigenvalue weighted by Gasteiger charge is 2.34. The molecule has 2 unspecified atom stereocenters. The molecule has 146 valence electrons. The molecule has 2 aliphatic heterocycles. The molecule has 1 amide bonds. The highest BCUT2D eigenvalue weighted by Crippen LogP contribution is 2.19. The van der Waals surface area contributed by atoms with Crippen molar-refractivity contribution in [2.24, 2.45) is 0 Å². The van der Waals surface area contributed by atoms with Crippen LogP contribution in [0.4, 0.5) is 4.79 Å². The molecule has 7 nitrogen and oxygen atoms in total. The van der Waals surface area contributed by atoms with Gasteiger partial charge >= 0.3 is 6.09 Å². The van der Waals surface area contributed by atoms with Crippen molar-refractivity contribution in [2.75, 3.05) is 45.8 Å². The van der Waals surface area contributed by atoms with E-state index in [9.17, 15) is 4.79 Å². The van der Waals surface area contributed by atoms with E-state index in [2.05, 4.69) is 21.2 Å². The van der Waals surface area contributed by atoms with Crippen molar-refractivity contribution in [3.63, 3.8) is 0 Å². The summed E-state index contributed by atoms with van der Waals surface area (Å²) in [7, 11) is 0. The maximum Gasteiger partial charge on any atom is 0.404 e. The number of carboxylic acid groups (broad SMARTS) is 1. The van der Waals surface area contributed by atoms with Crippen molar-refractivity contribution in [1.29, 1.82) is 5.26 Å². The van der Waals surface area contributed by atoms with Gasteiger partial charge in [-0.3, -0.25) is 9.80 Å². The van der Waals surface area contributed by atoms with Crippen LogP contribution in [0, 0.1) is 11.3 Å². The highest BCUT2D eigenvalue weighted by atomic mass is 16.5. The smallest absolute Gasteiger partial charge is 0.404 e. The fourth-order valence-corrected chi connectivity index (χ4v) is 3.96. The molecule has 0 spiro atoms. The summed E-state index contributed by atoms with van der Waals surface area (Å²) < 4.78 is 6.06. The van der Waals surface area contributed by atoms with Crippen molar-refractivity contribution in [3.8, 4) is 6.07 Å². The minimum Gasteiger partial charge on any atom is -0.465 e. The molecule has 2 bridgehead atoms. The number of aryl methyl sites for hydroxylation is 1. The van der Waals surface area contributed by atoms with Gasteiger partial charge in [0.25, 0.3) is 0 Å². The largest absolute Gasteiger partial charge is 0.465 e. The zero-order valence-corrected chi connectivity index (χ0v) is 15.6. The first-order chi connectivity index (χ1) is 13.1. The minimum atomic E-state index is -0.962. The third-order valence-electron chi connectivity index (χ3n) is 5.21.